The number of nitrogens with one attached hydrogen (secondary N) is 1. The summed E-state index contributed by atoms with van der Waals surface area (Å²) in [5.41, 5.74) is 5.88. The van der Waals surface area contributed by atoms with Crippen LogP contribution in [-0.2, 0) is 23.1 Å². The molecule has 2 N–H and O–H groups in total. The zero-order valence-electron chi connectivity index (χ0n) is 20.7. The van der Waals surface area contributed by atoms with Gasteiger partial charge >= 0.3 is 5.97 Å². The lowest BCUT2D eigenvalue weighted by Gasteiger charge is -2.31. The van der Waals surface area contributed by atoms with E-state index in [1.807, 2.05) is 55.1 Å². The standard InChI is InChI=1S/C28H24ClN5O3S/c1-15-11-21-26(24(20(15)13-23(35)36)16-3-6-19(29)7-4-16)38-28(32-21)34-10-9-30-25(27(34)37)17-5-8-22-18(12-17)14-31-33(22)2/h3-8,11-12,14,25,30H,9-10,13H2,1-2H3,(H,35,36). The number of benzene rings is 3. The van der Waals surface area contributed by atoms with E-state index in [2.05, 4.69) is 10.4 Å². The first-order valence-corrected chi connectivity index (χ1v) is 13.4. The number of anilines is 1. The summed E-state index contributed by atoms with van der Waals surface area (Å²) < 4.78 is 2.66. The third-order valence-corrected chi connectivity index (χ3v) is 8.36. The Kier molecular flexibility index (Phi) is 6.14. The average molecular weight is 546 g/mol. The van der Waals surface area contributed by atoms with Gasteiger partial charge in [-0.3, -0.25) is 19.2 Å². The summed E-state index contributed by atoms with van der Waals surface area (Å²) in [4.78, 5) is 32.1. The van der Waals surface area contributed by atoms with Gasteiger partial charge in [0.15, 0.2) is 5.13 Å². The topological polar surface area (TPSA) is 100 Å². The number of nitrogens with zero attached hydrogens (tertiary/aromatic N) is 4. The van der Waals surface area contributed by atoms with Gasteiger partial charge in [0.05, 0.1) is 28.4 Å². The first-order chi connectivity index (χ1) is 18.3. The highest BCUT2D eigenvalue weighted by molar-refractivity contribution is 7.23. The second kappa shape index (κ2) is 9.50. The van der Waals surface area contributed by atoms with Crippen LogP contribution in [0.4, 0.5) is 5.13 Å². The van der Waals surface area contributed by atoms with Gasteiger partial charge in [0, 0.05) is 36.1 Å². The predicted molar refractivity (Wildman–Crippen MR) is 150 cm³/mol. The molecule has 1 unspecified atom stereocenters. The first-order valence-electron chi connectivity index (χ1n) is 12.2. The number of halogens is 1. The van der Waals surface area contributed by atoms with E-state index in [-0.39, 0.29) is 12.3 Å². The molecule has 192 valence electrons. The molecular formula is C28H24ClN5O3S. The molecule has 10 heteroatoms. The van der Waals surface area contributed by atoms with Crippen LogP contribution in [0.25, 0.3) is 32.2 Å². The van der Waals surface area contributed by atoms with Crippen molar-refractivity contribution in [3.05, 3.63) is 76.4 Å². The van der Waals surface area contributed by atoms with Crippen LogP contribution in [0.1, 0.15) is 22.7 Å². The molecule has 1 fully saturated rings. The Hall–Kier alpha value is -3.79. The van der Waals surface area contributed by atoms with Crippen LogP contribution in [0.5, 0.6) is 0 Å². The Morgan fingerprint density at radius 3 is 2.76 bits per heavy atom. The highest BCUT2D eigenvalue weighted by Gasteiger charge is 2.33. The molecule has 0 radical (unpaired) electrons. The number of aliphatic carboxylic acids is 1. The number of carboxylic acid groups (broad SMARTS) is 1. The number of carboxylic acids is 1. The van der Waals surface area contributed by atoms with E-state index in [4.69, 9.17) is 16.6 Å². The molecule has 1 aliphatic heterocycles. The smallest absolute Gasteiger partial charge is 0.307 e. The van der Waals surface area contributed by atoms with Gasteiger partial charge in [0.1, 0.15) is 6.04 Å². The molecule has 1 amide bonds. The van der Waals surface area contributed by atoms with Crippen LogP contribution in [0.2, 0.25) is 5.02 Å². The molecule has 0 spiro atoms. The molecule has 3 aromatic carbocycles. The fourth-order valence-corrected chi connectivity index (χ4v) is 6.42. The SMILES string of the molecule is Cc1cc2nc(N3CCNC(c4ccc5c(cnn5C)c4)C3=O)sc2c(-c2ccc(Cl)cc2)c1CC(=O)O. The summed E-state index contributed by atoms with van der Waals surface area (Å²) >= 11 is 7.55. The maximum absolute atomic E-state index is 13.7. The number of thiazole rings is 1. The van der Waals surface area contributed by atoms with E-state index in [9.17, 15) is 14.7 Å². The van der Waals surface area contributed by atoms with Crippen molar-refractivity contribution in [1.29, 1.82) is 0 Å². The molecule has 1 atom stereocenters. The fourth-order valence-electron chi connectivity index (χ4n) is 5.13. The average Bonchev–Trinajstić information content (AvgIpc) is 3.48. The molecule has 1 aliphatic rings. The summed E-state index contributed by atoms with van der Waals surface area (Å²) in [5, 5.41) is 19.5. The summed E-state index contributed by atoms with van der Waals surface area (Å²) in [7, 11) is 1.89. The van der Waals surface area contributed by atoms with Crippen LogP contribution >= 0.6 is 22.9 Å². The second-order valence-electron chi connectivity index (χ2n) is 9.43. The quantitative estimate of drug-likeness (QED) is 0.318. The second-order valence-corrected chi connectivity index (χ2v) is 10.8. The van der Waals surface area contributed by atoms with Gasteiger partial charge in [0.2, 0.25) is 0 Å². The van der Waals surface area contributed by atoms with E-state index in [0.717, 1.165) is 48.9 Å². The van der Waals surface area contributed by atoms with Crippen LogP contribution in [0.15, 0.2) is 54.7 Å². The van der Waals surface area contributed by atoms with E-state index in [0.29, 0.717) is 23.2 Å². The minimum atomic E-state index is -0.905. The van der Waals surface area contributed by atoms with Crippen molar-refractivity contribution in [2.75, 3.05) is 18.0 Å². The van der Waals surface area contributed by atoms with Gasteiger partial charge < -0.3 is 10.4 Å². The van der Waals surface area contributed by atoms with Gasteiger partial charge in [-0.05, 0) is 59.5 Å². The lowest BCUT2D eigenvalue weighted by molar-refractivity contribution is -0.136. The summed E-state index contributed by atoms with van der Waals surface area (Å²) in [6, 6.07) is 14.7. The number of amides is 1. The van der Waals surface area contributed by atoms with E-state index >= 15 is 0 Å². The van der Waals surface area contributed by atoms with Gasteiger partial charge in [-0.15, -0.1) is 0 Å². The van der Waals surface area contributed by atoms with Crippen LogP contribution in [0, 0.1) is 6.92 Å². The predicted octanol–water partition coefficient (Wildman–Crippen LogP) is 5.12. The Morgan fingerprint density at radius 2 is 2.00 bits per heavy atom. The van der Waals surface area contributed by atoms with E-state index in [1.165, 1.54) is 11.3 Å². The molecular weight excluding hydrogens is 522 g/mol. The van der Waals surface area contributed by atoms with Crippen molar-refractivity contribution in [3.63, 3.8) is 0 Å². The number of carbonyl (C=O) groups excluding carboxylic acids is 1. The van der Waals surface area contributed by atoms with Crippen molar-refractivity contribution in [2.24, 2.45) is 7.05 Å². The van der Waals surface area contributed by atoms with Gasteiger partial charge in [-0.2, -0.15) is 5.10 Å². The number of rotatable bonds is 5. The Labute approximate surface area is 227 Å². The molecule has 38 heavy (non-hydrogen) atoms. The zero-order chi connectivity index (χ0) is 26.6. The Balaban J connectivity index is 1.43. The van der Waals surface area contributed by atoms with Crippen LogP contribution < -0.4 is 10.2 Å². The van der Waals surface area contributed by atoms with Crippen LogP contribution in [0.3, 0.4) is 0 Å². The maximum Gasteiger partial charge on any atom is 0.307 e. The Morgan fingerprint density at radius 1 is 1.21 bits per heavy atom. The third kappa shape index (κ3) is 4.22. The summed E-state index contributed by atoms with van der Waals surface area (Å²) in [5.74, 6) is -0.979. The van der Waals surface area contributed by atoms with Crippen LogP contribution in [-0.4, -0.2) is 44.8 Å². The highest BCUT2D eigenvalue weighted by atomic mass is 35.5. The molecule has 2 aromatic heterocycles. The zero-order valence-corrected chi connectivity index (χ0v) is 22.3. The van der Waals surface area contributed by atoms with Crippen molar-refractivity contribution >= 4 is 61.1 Å². The maximum atomic E-state index is 13.7. The van der Waals surface area contributed by atoms with Crippen molar-refractivity contribution in [3.8, 4) is 11.1 Å². The fraction of sp³-hybridized carbons (Fsp3) is 0.214. The Bertz CT molecular complexity index is 1730. The van der Waals surface area contributed by atoms with E-state index < -0.39 is 12.0 Å². The van der Waals surface area contributed by atoms with E-state index in [1.54, 1.807) is 23.2 Å². The summed E-state index contributed by atoms with van der Waals surface area (Å²) in [6.07, 6.45) is 1.69. The first kappa shape index (κ1) is 24.5. The molecule has 0 aliphatic carbocycles. The van der Waals surface area contributed by atoms with Crippen molar-refractivity contribution in [2.45, 2.75) is 19.4 Å². The number of aromatic nitrogens is 3. The number of hydrogen-bond donors (Lipinski definition) is 2. The number of fused-ring (bicyclic) bond motifs is 2. The van der Waals surface area contributed by atoms with Gasteiger partial charge in [0.25, 0.3) is 5.91 Å². The minimum absolute atomic E-state index is 0.0749. The number of carbonyl (C=O) groups is 2. The van der Waals surface area contributed by atoms with Gasteiger partial charge in [-0.1, -0.05) is 41.1 Å². The lowest BCUT2D eigenvalue weighted by Crippen LogP contribution is -2.50. The molecule has 5 aromatic rings. The number of hydrogen-bond acceptors (Lipinski definition) is 6. The molecule has 0 saturated carbocycles. The molecule has 3 heterocycles. The largest absolute Gasteiger partial charge is 0.481 e. The lowest BCUT2D eigenvalue weighted by atomic mass is 9.93. The number of piperazine rings is 1. The number of aryl methyl sites for hydroxylation is 2. The molecule has 6 rings (SSSR count). The van der Waals surface area contributed by atoms with Gasteiger partial charge in [-0.25, -0.2) is 4.98 Å². The monoisotopic (exact) mass is 545 g/mol. The molecule has 1 saturated heterocycles. The normalized spacial score (nSPS) is 16.0. The minimum Gasteiger partial charge on any atom is -0.481 e. The summed E-state index contributed by atoms with van der Waals surface area (Å²) in [6.45, 7) is 3.00. The van der Waals surface area contributed by atoms with Crippen molar-refractivity contribution < 1.29 is 14.7 Å². The van der Waals surface area contributed by atoms with Crippen molar-refractivity contribution in [1.82, 2.24) is 20.1 Å². The molecule has 8 nitrogen and oxygen atoms in total. The highest BCUT2D eigenvalue weighted by Crippen LogP contribution is 2.41. The molecule has 0 bridgehead atoms. The third-order valence-electron chi connectivity index (χ3n) is 6.99.